The molecule has 0 spiro atoms. The monoisotopic (exact) mass is 284 g/mol. The Morgan fingerprint density at radius 2 is 1.43 bits per heavy atom. The SMILES string of the molecule is CC.CC.CC(C)=CC1=CC=C(c2ccc(C)cc2)CC1. The molecular formula is C21H32. The van der Waals surface area contributed by atoms with Crippen molar-refractivity contribution in [2.75, 3.05) is 0 Å². The molecule has 0 aromatic heterocycles. The van der Waals surface area contributed by atoms with Gasteiger partial charge in [-0.15, -0.1) is 0 Å². The molecule has 0 nitrogen and oxygen atoms in total. The minimum atomic E-state index is 1.15. The van der Waals surface area contributed by atoms with Crippen molar-refractivity contribution < 1.29 is 0 Å². The first-order chi connectivity index (χ1) is 10.1. The first-order valence-corrected chi connectivity index (χ1v) is 8.27. The summed E-state index contributed by atoms with van der Waals surface area (Å²) < 4.78 is 0. The topological polar surface area (TPSA) is 0 Å². The summed E-state index contributed by atoms with van der Waals surface area (Å²) >= 11 is 0. The zero-order valence-electron chi connectivity index (χ0n) is 15.0. The van der Waals surface area contributed by atoms with E-state index in [4.69, 9.17) is 0 Å². The van der Waals surface area contributed by atoms with Crippen LogP contribution in [0, 0.1) is 6.92 Å². The van der Waals surface area contributed by atoms with Gasteiger partial charge in [0, 0.05) is 0 Å². The predicted octanol–water partition coefficient (Wildman–Crippen LogP) is 7.12. The Labute approximate surface area is 132 Å². The van der Waals surface area contributed by atoms with Gasteiger partial charge in [0.05, 0.1) is 0 Å². The third-order valence-electron chi connectivity index (χ3n) is 3.08. The van der Waals surface area contributed by atoms with Crippen LogP contribution < -0.4 is 0 Å². The maximum atomic E-state index is 2.28. The van der Waals surface area contributed by atoms with Crippen molar-refractivity contribution >= 4 is 5.57 Å². The van der Waals surface area contributed by atoms with Gasteiger partial charge in [0.15, 0.2) is 0 Å². The molecule has 1 aromatic carbocycles. The van der Waals surface area contributed by atoms with Gasteiger partial charge in [0.25, 0.3) is 0 Å². The van der Waals surface area contributed by atoms with E-state index in [1.54, 1.807) is 0 Å². The van der Waals surface area contributed by atoms with E-state index in [9.17, 15) is 0 Å². The van der Waals surface area contributed by atoms with Gasteiger partial charge < -0.3 is 0 Å². The van der Waals surface area contributed by atoms with Crippen LogP contribution in [0.1, 0.15) is 65.5 Å². The minimum Gasteiger partial charge on any atom is -0.0762 e. The molecule has 21 heavy (non-hydrogen) atoms. The van der Waals surface area contributed by atoms with Crippen molar-refractivity contribution in [3.63, 3.8) is 0 Å². The maximum absolute atomic E-state index is 2.28. The van der Waals surface area contributed by atoms with Crippen molar-refractivity contribution in [2.24, 2.45) is 0 Å². The fourth-order valence-corrected chi connectivity index (χ4v) is 2.15. The zero-order valence-corrected chi connectivity index (χ0v) is 15.0. The van der Waals surface area contributed by atoms with E-state index in [0.29, 0.717) is 0 Å². The lowest BCUT2D eigenvalue weighted by Gasteiger charge is -2.13. The van der Waals surface area contributed by atoms with Crippen LogP contribution in [0.15, 0.2) is 53.6 Å². The Kier molecular flexibility index (Phi) is 10.3. The van der Waals surface area contributed by atoms with Crippen LogP contribution in [-0.4, -0.2) is 0 Å². The van der Waals surface area contributed by atoms with E-state index in [1.807, 2.05) is 27.7 Å². The highest BCUT2D eigenvalue weighted by Gasteiger charge is 2.06. The van der Waals surface area contributed by atoms with Crippen LogP contribution in [0.25, 0.3) is 5.57 Å². The van der Waals surface area contributed by atoms with Gasteiger partial charge in [0.2, 0.25) is 0 Å². The molecule has 2 rings (SSSR count). The Hall–Kier alpha value is -1.56. The quantitative estimate of drug-likeness (QED) is 0.542. The average molecular weight is 284 g/mol. The van der Waals surface area contributed by atoms with Crippen molar-refractivity contribution in [3.05, 3.63) is 64.8 Å². The number of aryl methyl sites for hydroxylation is 1. The Balaban J connectivity index is 0.000000921. The number of benzene rings is 1. The van der Waals surface area contributed by atoms with Crippen molar-refractivity contribution in [3.8, 4) is 0 Å². The summed E-state index contributed by atoms with van der Waals surface area (Å²) in [5.74, 6) is 0. The van der Waals surface area contributed by atoms with E-state index < -0.39 is 0 Å². The molecular weight excluding hydrogens is 252 g/mol. The van der Waals surface area contributed by atoms with Gasteiger partial charge in [-0.3, -0.25) is 0 Å². The summed E-state index contributed by atoms with van der Waals surface area (Å²) in [6.07, 6.45) is 9.11. The van der Waals surface area contributed by atoms with Crippen LogP contribution in [0.2, 0.25) is 0 Å². The molecule has 116 valence electrons. The summed E-state index contributed by atoms with van der Waals surface area (Å²) in [6, 6.07) is 8.82. The molecule has 0 saturated heterocycles. The van der Waals surface area contributed by atoms with Crippen molar-refractivity contribution in [1.82, 2.24) is 0 Å². The molecule has 1 aliphatic carbocycles. The molecule has 0 aliphatic heterocycles. The van der Waals surface area contributed by atoms with Crippen molar-refractivity contribution in [1.29, 1.82) is 0 Å². The molecule has 1 aromatic rings. The number of hydrogen-bond donors (Lipinski definition) is 0. The van der Waals surface area contributed by atoms with Crippen LogP contribution in [-0.2, 0) is 0 Å². The zero-order chi connectivity index (χ0) is 16.3. The summed E-state index contributed by atoms with van der Waals surface area (Å²) in [4.78, 5) is 0. The lowest BCUT2D eigenvalue weighted by Crippen LogP contribution is -1.92. The molecule has 0 bridgehead atoms. The Morgan fingerprint density at radius 1 is 0.857 bits per heavy atom. The van der Waals surface area contributed by atoms with E-state index in [1.165, 1.54) is 27.8 Å². The molecule has 0 atom stereocenters. The van der Waals surface area contributed by atoms with E-state index in [0.717, 1.165) is 12.8 Å². The molecule has 1 aliphatic rings. The number of rotatable bonds is 2. The number of allylic oxidation sites excluding steroid dienone is 6. The second-order valence-electron chi connectivity index (χ2n) is 5.02. The largest absolute Gasteiger partial charge is 0.0762 e. The van der Waals surface area contributed by atoms with E-state index in [2.05, 4.69) is 63.3 Å². The lowest BCUT2D eigenvalue weighted by atomic mass is 9.92. The van der Waals surface area contributed by atoms with Gasteiger partial charge in [-0.2, -0.15) is 0 Å². The third-order valence-corrected chi connectivity index (χ3v) is 3.08. The molecule has 0 unspecified atom stereocenters. The van der Waals surface area contributed by atoms with Crippen LogP contribution in [0.4, 0.5) is 0 Å². The van der Waals surface area contributed by atoms with Gasteiger partial charge in [-0.05, 0) is 50.3 Å². The second kappa shape index (κ2) is 11.1. The molecule has 0 fully saturated rings. The van der Waals surface area contributed by atoms with E-state index >= 15 is 0 Å². The summed E-state index contributed by atoms with van der Waals surface area (Å²) in [5, 5.41) is 0. The normalized spacial score (nSPS) is 12.7. The summed E-state index contributed by atoms with van der Waals surface area (Å²) in [6.45, 7) is 14.4. The molecule has 0 radical (unpaired) electrons. The van der Waals surface area contributed by atoms with Crippen LogP contribution in [0.3, 0.4) is 0 Å². The van der Waals surface area contributed by atoms with Crippen molar-refractivity contribution in [2.45, 2.75) is 61.3 Å². The van der Waals surface area contributed by atoms with Crippen LogP contribution >= 0.6 is 0 Å². The first kappa shape index (κ1) is 19.4. The molecule has 0 amide bonds. The molecule has 0 heteroatoms. The minimum absolute atomic E-state index is 1.15. The second-order valence-corrected chi connectivity index (χ2v) is 5.02. The standard InChI is InChI=1S/C17H20.2C2H6/c1-13(2)12-15-6-10-17(11-7-15)16-8-4-14(3)5-9-16;2*1-2/h4-6,8-10,12H,7,11H2,1-3H3;2*1-2H3. The Bertz CT molecular complexity index is 477. The Morgan fingerprint density at radius 3 is 1.86 bits per heavy atom. The molecule has 0 N–H and O–H groups in total. The van der Waals surface area contributed by atoms with Gasteiger partial charge in [-0.1, -0.05) is 81.3 Å². The summed E-state index contributed by atoms with van der Waals surface area (Å²) in [7, 11) is 0. The molecule has 0 saturated carbocycles. The van der Waals surface area contributed by atoms with Gasteiger partial charge in [-0.25, -0.2) is 0 Å². The predicted molar refractivity (Wildman–Crippen MR) is 98.6 cm³/mol. The smallest absolute Gasteiger partial charge is 0.0224 e. The van der Waals surface area contributed by atoms with E-state index in [-0.39, 0.29) is 0 Å². The summed E-state index contributed by atoms with van der Waals surface area (Å²) in [5.41, 5.74) is 6.97. The highest BCUT2D eigenvalue weighted by molar-refractivity contribution is 5.69. The molecule has 0 heterocycles. The first-order valence-electron chi connectivity index (χ1n) is 8.27. The maximum Gasteiger partial charge on any atom is -0.0224 e. The highest BCUT2D eigenvalue weighted by atomic mass is 14.1. The lowest BCUT2D eigenvalue weighted by molar-refractivity contribution is 1.00. The number of hydrogen-bond acceptors (Lipinski definition) is 0. The third kappa shape index (κ3) is 7.13. The fraction of sp³-hybridized carbons (Fsp3) is 0.429. The van der Waals surface area contributed by atoms with Gasteiger partial charge in [0.1, 0.15) is 0 Å². The van der Waals surface area contributed by atoms with Gasteiger partial charge >= 0.3 is 0 Å². The fourth-order valence-electron chi connectivity index (χ4n) is 2.15. The highest BCUT2D eigenvalue weighted by Crippen LogP contribution is 2.27. The average Bonchev–Trinajstić information content (AvgIpc) is 2.52. The van der Waals surface area contributed by atoms with Crippen LogP contribution in [0.5, 0.6) is 0 Å².